The number of nitrogens with zero attached hydrogens (tertiary/aromatic N) is 2. The van der Waals surface area contributed by atoms with Gasteiger partial charge in [0.15, 0.2) is 6.29 Å². The number of nitrogen functional groups attached to an aromatic ring is 1. The van der Waals surface area contributed by atoms with Crippen molar-refractivity contribution in [3.8, 4) is 11.3 Å². The summed E-state index contributed by atoms with van der Waals surface area (Å²) >= 11 is 0. The summed E-state index contributed by atoms with van der Waals surface area (Å²) in [5.74, 6) is 0.943. The van der Waals surface area contributed by atoms with Crippen LogP contribution >= 0.6 is 0 Å². The Kier molecular flexibility index (Phi) is 4.78. The van der Waals surface area contributed by atoms with Crippen molar-refractivity contribution in [2.45, 2.75) is 46.1 Å². The van der Waals surface area contributed by atoms with E-state index in [2.05, 4.69) is 38.0 Å². The molecule has 0 aliphatic carbocycles. The molecule has 1 heterocycles. The van der Waals surface area contributed by atoms with Crippen LogP contribution in [0.2, 0.25) is 0 Å². The van der Waals surface area contributed by atoms with Gasteiger partial charge in [0.25, 0.3) is 0 Å². The van der Waals surface area contributed by atoms with E-state index < -0.39 is 0 Å². The molecule has 2 rings (SSSR count). The molecule has 0 spiro atoms. The van der Waals surface area contributed by atoms with Crippen molar-refractivity contribution in [1.29, 1.82) is 0 Å². The minimum atomic E-state index is 0.460. The summed E-state index contributed by atoms with van der Waals surface area (Å²) in [6.45, 7) is 7.17. The van der Waals surface area contributed by atoms with Crippen LogP contribution in [-0.4, -0.2) is 16.1 Å². The summed E-state index contributed by atoms with van der Waals surface area (Å²) in [6, 6.07) is 8.17. The van der Waals surface area contributed by atoms with Gasteiger partial charge in [-0.15, -0.1) is 0 Å². The van der Waals surface area contributed by atoms with E-state index in [0.29, 0.717) is 23.0 Å². The Bertz CT molecular complexity index is 612. The highest BCUT2D eigenvalue weighted by Gasteiger charge is 2.16. The quantitative estimate of drug-likeness (QED) is 0.820. The molecule has 0 aliphatic rings. The highest BCUT2D eigenvalue weighted by atomic mass is 16.1. The zero-order valence-electron chi connectivity index (χ0n) is 13.0. The van der Waals surface area contributed by atoms with Crippen LogP contribution in [0.4, 0.5) is 5.82 Å². The standard InChI is InChI=1S/C17H23N3O/c1-4-5-10-20-17(18)15(11-21)16(19-20)14-8-6-13(7-9-14)12(2)3/h6-9,11-12H,4-5,10,18H2,1-3H3. The lowest BCUT2D eigenvalue weighted by atomic mass is 10.00. The Balaban J connectivity index is 2.40. The van der Waals surface area contributed by atoms with E-state index in [9.17, 15) is 4.79 Å². The molecule has 0 saturated heterocycles. The first kappa shape index (κ1) is 15.3. The van der Waals surface area contributed by atoms with Crippen LogP contribution in [0.5, 0.6) is 0 Å². The molecular weight excluding hydrogens is 262 g/mol. The first-order valence-corrected chi connectivity index (χ1v) is 7.50. The fourth-order valence-electron chi connectivity index (χ4n) is 2.32. The monoisotopic (exact) mass is 285 g/mol. The van der Waals surface area contributed by atoms with Crippen LogP contribution in [0.1, 0.15) is 55.5 Å². The van der Waals surface area contributed by atoms with E-state index in [1.807, 2.05) is 12.1 Å². The average molecular weight is 285 g/mol. The van der Waals surface area contributed by atoms with Crippen molar-refractivity contribution in [3.05, 3.63) is 35.4 Å². The number of aryl methyl sites for hydroxylation is 1. The summed E-state index contributed by atoms with van der Waals surface area (Å²) in [6.07, 6.45) is 2.86. The molecule has 2 aromatic rings. The number of anilines is 1. The van der Waals surface area contributed by atoms with Crippen LogP contribution in [0.15, 0.2) is 24.3 Å². The molecule has 0 atom stereocenters. The molecule has 0 fully saturated rings. The summed E-state index contributed by atoms with van der Waals surface area (Å²) in [7, 11) is 0. The largest absolute Gasteiger partial charge is 0.383 e. The number of carbonyl (C=O) groups excluding carboxylic acids is 1. The summed E-state index contributed by atoms with van der Waals surface area (Å²) in [5.41, 5.74) is 9.41. The second kappa shape index (κ2) is 6.57. The number of hydrogen-bond acceptors (Lipinski definition) is 3. The van der Waals surface area contributed by atoms with Gasteiger partial charge in [0.1, 0.15) is 11.5 Å². The Morgan fingerprint density at radius 1 is 1.29 bits per heavy atom. The van der Waals surface area contributed by atoms with Crippen LogP contribution in [-0.2, 0) is 6.54 Å². The van der Waals surface area contributed by atoms with Gasteiger partial charge in [0, 0.05) is 12.1 Å². The molecule has 0 saturated carbocycles. The zero-order chi connectivity index (χ0) is 15.4. The maximum atomic E-state index is 11.4. The summed E-state index contributed by atoms with van der Waals surface area (Å²) in [5, 5.41) is 4.52. The molecule has 0 amide bonds. The van der Waals surface area contributed by atoms with Crippen LogP contribution in [0.3, 0.4) is 0 Å². The van der Waals surface area contributed by atoms with Gasteiger partial charge < -0.3 is 5.73 Å². The van der Waals surface area contributed by atoms with Crippen LogP contribution in [0, 0.1) is 0 Å². The lowest BCUT2D eigenvalue weighted by Gasteiger charge is -2.05. The normalized spacial score (nSPS) is 11.0. The van der Waals surface area contributed by atoms with Crippen molar-refractivity contribution in [3.63, 3.8) is 0 Å². The van der Waals surface area contributed by atoms with Gasteiger partial charge in [0.05, 0.1) is 5.56 Å². The molecule has 0 radical (unpaired) electrons. The number of rotatable bonds is 6. The number of hydrogen-bond donors (Lipinski definition) is 1. The molecule has 4 heteroatoms. The first-order valence-electron chi connectivity index (χ1n) is 7.50. The third-order valence-electron chi connectivity index (χ3n) is 3.72. The second-order valence-electron chi connectivity index (χ2n) is 5.62. The minimum Gasteiger partial charge on any atom is -0.383 e. The third kappa shape index (κ3) is 3.15. The topological polar surface area (TPSA) is 60.9 Å². The predicted octanol–water partition coefficient (Wildman–Crippen LogP) is 3.87. The molecule has 4 nitrogen and oxygen atoms in total. The van der Waals surface area contributed by atoms with E-state index in [4.69, 9.17) is 5.73 Å². The van der Waals surface area contributed by atoms with E-state index in [1.165, 1.54) is 5.56 Å². The highest BCUT2D eigenvalue weighted by molar-refractivity contribution is 5.91. The molecule has 0 bridgehead atoms. The van der Waals surface area contributed by atoms with E-state index >= 15 is 0 Å². The molecule has 21 heavy (non-hydrogen) atoms. The Labute approximate surface area is 126 Å². The van der Waals surface area contributed by atoms with Gasteiger partial charge in [-0.2, -0.15) is 5.10 Å². The Morgan fingerprint density at radius 3 is 2.48 bits per heavy atom. The number of benzene rings is 1. The van der Waals surface area contributed by atoms with Gasteiger partial charge in [-0.3, -0.25) is 4.79 Å². The van der Waals surface area contributed by atoms with Crippen molar-refractivity contribution in [2.75, 3.05) is 5.73 Å². The summed E-state index contributed by atoms with van der Waals surface area (Å²) < 4.78 is 1.74. The maximum Gasteiger partial charge on any atom is 0.156 e. The molecule has 1 aromatic carbocycles. The Hall–Kier alpha value is -2.10. The Morgan fingerprint density at radius 2 is 1.95 bits per heavy atom. The lowest BCUT2D eigenvalue weighted by molar-refractivity contribution is 0.112. The second-order valence-corrected chi connectivity index (χ2v) is 5.62. The third-order valence-corrected chi connectivity index (χ3v) is 3.72. The van der Waals surface area contributed by atoms with Crippen molar-refractivity contribution in [1.82, 2.24) is 9.78 Å². The number of unbranched alkanes of at least 4 members (excludes halogenated alkanes) is 1. The minimum absolute atomic E-state index is 0.460. The highest BCUT2D eigenvalue weighted by Crippen LogP contribution is 2.27. The number of nitrogens with two attached hydrogens (primary N) is 1. The lowest BCUT2D eigenvalue weighted by Crippen LogP contribution is -2.05. The first-order chi connectivity index (χ1) is 10.1. The maximum absolute atomic E-state index is 11.4. The zero-order valence-corrected chi connectivity index (χ0v) is 13.0. The van der Waals surface area contributed by atoms with E-state index in [1.54, 1.807) is 4.68 Å². The fraction of sp³-hybridized carbons (Fsp3) is 0.412. The molecule has 112 valence electrons. The van der Waals surface area contributed by atoms with E-state index in [0.717, 1.165) is 31.2 Å². The number of carbonyl (C=O) groups is 1. The van der Waals surface area contributed by atoms with Gasteiger partial charge in [0.2, 0.25) is 0 Å². The predicted molar refractivity (Wildman–Crippen MR) is 86.5 cm³/mol. The van der Waals surface area contributed by atoms with Crippen molar-refractivity contribution in [2.24, 2.45) is 0 Å². The van der Waals surface area contributed by atoms with E-state index in [-0.39, 0.29) is 0 Å². The van der Waals surface area contributed by atoms with Crippen LogP contribution < -0.4 is 5.73 Å². The SMILES string of the molecule is CCCCn1nc(-c2ccc(C(C)C)cc2)c(C=O)c1N. The smallest absolute Gasteiger partial charge is 0.156 e. The van der Waals surface area contributed by atoms with Crippen LogP contribution in [0.25, 0.3) is 11.3 Å². The molecule has 1 aromatic heterocycles. The molecule has 2 N–H and O–H groups in total. The molecule has 0 unspecified atom stereocenters. The van der Waals surface area contributed by atoms with Crippen molar-refractivity contribution >= 4 is 12.1 Å². The molecular formula is C17H23N3O. The fourth-order valence-corrected chi connectivity index (χ4v) is 2.32. The van der Waals surface area contributed by atoms with Gasteiger partial charge in [-0.05, 0) is 17.9 Å². The average Bonchev–Trinajstić information content (AvgIpc) is 2.81. The number of aldehydes is 1. The molecule has 0 aliphatic heterocycles. The van der Waals surface area contributed by atoms with Gasteiger partial charge in [-0.25, -0.2) is 4.68 Å². The van der Waals surface area contributed by atoms with Crippen molar-refractivity contribution < 1.29 is 4.79 Å². The number of aromatic nitrogens is 2. The van der Waals surface area contributed by atoms with Gasteiger partial charge >= 0.3 is 0 Å². The summed E-state index contributed by atoms with van der Waals surface area (Å²) in [4.78, 5) is 11.4. The van der Waals surface area contributed by atoms with Gasteiger partial charge in [-0.1, -0.05) is 51.5 Å².